The molecule has 0 aromatic heterocycles. The van der Waals surface area contributed by atoms with Crippen molar-refractivity contribution in [2.75, 3.05) is 13.2 Å². The maximum atomic E-state index is 8.42. The number of aliphatic hydroxyl groups excluding tert-OH is 2. The number of aliphatic hydroxyl groups is 2. The Kier molecular flexibility index (Phi) is 79.1. The minimum Gasteiger partial charge on any atom is -0.907 e. The van der Waals surface area contributed by atoms with Gasteiger partial charge in [-0.1, -0.05) is 0 Å². The van der Waals surface area contributed by atoms with Gasteiger partial charge in [-0.2, -0.15) is 0 Å². The van der Waals surface area contributed by atoms with Crippen LogP contribution in [0.4, 0.5) is 0 Å². The first kappa shape index (κ1) is 29.7. The second-order valence-corrected chi connectivity index (χ2v) is 0.736. The Morgan fingerprint density at radius 2 is 0.909 bits per heavy atom. The molecule has 50 valence electrons. The van der Waals surface area contributed by atoms with Gasteiger partial charge in [-0.15, -0.1) is 0 Å². The topological polar surface area (TPSA) is 110 Å². The fourth-order valence-electron chi connectivity index (χ4n) is 0. The van der Waals surface area contributed by atoms with Gasteiger partial charge in [-0.3, -0.25) is 7.32 Å². The van der Waals surface area contributed by atoms with Gasteiger partial charge in [0.1, 0.15) is 0 Å². The maximum absolute atomic E-state index is 8.42. The molecule has 11 heavy (non-hydrogen) atoms. The third kappa shape index (κ3) is 72.3. The van der Waals surface area contributed by atoms with Crippen molar-refractivity contribution in [3.8, 4) is 0 Å². The molecule has 5 nitrogen and oxygen atoms in total. The summed E-state index contributed by atoms with van der Waals surface area (Å²) in [6, 6.07) is 0. The Labute approximate surface area is 194 Å². The molecule has 0 aromatic rings. The van der Waals surface area contributed by atoms with Crippen LogP contribution < -0.4 is 169 Å². The van der Waals surface area contributed by atoms with Crippen LogP contribution in [0.25, 0.3) is 0 Å². The molecule has 0 aliphatic heterocycles. The van der Waals surface area contributed by atoms with E-state index in [0.29, 0.717) is 0 Å². The molecular formula is C2H6BK3O5. The summed E-state index contributed by atoms with van der Waals surface area (Å²) in [6.07, 6.45) is 0. The standard InChI is InChI=1S/C2H6O2.BO3.3K/c3-1-2-4;2-1(3)4;;;/h3-4H,1-2H2;;;;/q;-3;3*+1. The summed E-state index contributed by atoms with van der Waals surface area (Å²) in [5.41, 5.74) is 0. The predicted octanol–water partition coefficient (Wildman–Crippen LogP) is -14.0. The Morgan fingerprint density at radius 3 is 0.909 bits per heavy atom. The fraction of sp³-hybridized carbons (Fsp3) is 1.00. The van der Waals surface area contributed by atoms with Gasteiger partial charge in [0.05, 0.1) is 13.2 Å². The average molecular weight is 238 g/mol. The number of hydrogen-bond donors (Lipinski definition) is 2. The van der Waals surface area contributed by atoms with Crippen LogP contribution in [0.3, 0.4) is 0 Å². The molecule has 0 unspecified atom stereocenters. The van der Waals surface area contributed by atoms with Crippen LogP contribution in [0.15, 0.2) is 0 Å². The van der Waals surface area contributed by atoms with E-state index in [1.54, 1.807) is 0 Å². The molecule has 0 aliphatic rings. The third-order valence-corrected chi connectivity index (χ3v) is 0.1000. The zero-order valence-electron chi connectivity index (χ0n) is 7.11. The van der Waals surface area contributed by atoms with E-state index in [9.17, 15) is 0 Å². The summed E-state index contributed by atoms with van der Waals surface area (Å²) in [5, 5.41) is 40.5. The zero-order chi connectivity index (χ0) is 6.99. The third-order valence-electron chi connectivity index (χ3n) is 0.1000. The van der Waals surface area contributed by atoms with Crippen molar-refractivity contribution in [2.24, 2.45) is 0 Å². The molecule has 0 saturated heterocycles. The van der Waals surface area contributed by atoms with Crippen LogP contribution in [-0.4, -0.2) is 30.7 Å². The van der Waals surface area contributed by atoms with Crippen molar-refractivity contribution in [2.45, 2.75) is 0 Å². The monoisotopic (exact) mass is 238 g/mol. The van der Waals surface area contributed by atoms with Crippen LogP contribution in [0.2, 0.25) is 0 Å². The van der Waals surface area contributed by atoms with Gasteiger partial charge in [0.15, 0.2) is 0 Å². The average Bonchev–Trinajstić information content (AvgIpc) is 1.65. The van der Waals surface area contributed by atoms with Gasteiger partial charge in [0, 0.05) is 0 Å². The summed E-state index contributed by atoms with van der Waals surface area (Å²) in [4.78, 5) is 0. The van der Waals surface area contributed by atoms with Crippen molar-refractivity contribution in [1.82, 2.24) is 0 Å². The molecule has 9 heteroatoms. The van der Waals surface area contributed by atoms with E-state index in [-0.39, 0.29) is 167 Å². The first-order valence-corrected chi connectivity index (χ1v) is 1.84. The SMILES string of the molecule is OCCO.[K+].[K+].[K+].[O-]B([O-])[O-]. The van der Waals surface area contributed by atoms with Crippen molar-refractivity contribution >= 4 is 7.32 Å². The van der Waals surface area contributed by atoms with Gasteiger partial charge in [0.25, 0.3) is 0 Å². The van der Waals surface area contributed by atoms with E-state index in [1.807, 2.05) is 0 Å². The molecule has 0 rings (SSSR count). The second-order valence-electron chi connectivity index (χ2n) is 0.736. The predicted molar refractivity (Wildman–Crippen MR) is 19.9 cm³/mol. The molecule has 0 heterocycles. The van der Waals surface area contributed by atoms with Gasteiger partial charge in [-0.05, 0) is 0 Å². The fourth-order valence-corrected chi connectivity index (χ4v) is 0. The number of rotatable bonds is 1. The van der Waals surface area contributed by atoms with E-state index in [2.05, 4.69) is 0 Å². The van der Waals surface area contributed by atoms with E-state index in [4.69, 9.17) is 25.3 Å². The van der Waals surface area contributed by atoms with Crippen LogP contribution in [0.1, 0.15) is 0 Å². The first-order chi connectivity index (χ1) is 3.65. The Morgan fingerprint density at radius 1 is 0.818 bits per heavy atom. The first-order valence-electron chi connectivity index (χ1n) is 1.84. The molecule has 0 atom stereocenters. The summed E-state index contributed by atoms with van der Waals surface area (Å²) in [7, 11) is -2.92. The minimum absolute atomic E-state index is 0. The molecule has 0 aromatic carbocycles. The quantitative estimate of drug-likeness (QED) is 0.441. The van der Waals surface area contributed by atoms with Crippen molar-refractivity contribution < 1.29 is 179 Å². The molecule has 0 aliphatic carbocycles. The summed E-state index contributed by atoms with van der Waals surface area (Å²) < 4.78 is 0. The minimum atomic E-state index is -2.92. The van der Waals surface area contributed by atoms with E-state index in [1.165, 1.54) is 0 Å². The molecule has 0 fully saturated rings. The van der Waals surface area contributed by atoms with E-state index < -0.39 is 7.32 Å². The Bertz CT molecular complexity index is 36.2. The largest absolute Gasteiger partial charge is 1.00 e. The normalized spacial score (nSPS) is 5.18. The zero-order valence-corrected chi connectivity index (χ0v) is 16.5. The van der Waals surface area contributed by atoms with Gasteiger partial charge in [-0.25, -0.2) is 0 Å². The second kappa shape index (κ2) is 29.3. The Balaban J connectivity index is -0.0000000171. The van der Waals surface area contributed by atoms with Crippen LogP contribution in [0, 0.1) is 0 Å². The number of hydrogen-bond acceptors (Lipinski definition) is 5. The van der Waals surface area contributed by atoms with Crippen molar-refractivity contribution in [3.63, 3.8) is 0 Å². The van der Waals surface area contributed by atoms with Crippen LogP contribution in [0.5, 0.6) is 0 Å². The van der Waals surface area contributed by atoms with Crippen molar-refractivity contribution in [3.05, 3.63) is 0 Å². The molecular weight excluding hydrogens is 232 g/mol. The maximum Gasteiger partial charge on any atom is 1.00 e. The van der Waals surface area contributed by atoms with E-state index >= 15 is 0 Å². The smallest absolute Gasteiger partial charge is 0.907 e. The molecule has 2 N–H and O–H groups in total. The molecule has 0 spiro atoms. The van der Waals surface area contributed by atoms with E-state index in [0.717, 1.165) is 0 Å². The van der Waals surface area contributed by atoms with Crippen LogP contribution >= 0.6 is 0 Å². The van der Waals surface area contributed by atoms with Crippen molar-refractivity contribution in [1.29, 1.82) is 0 Å². The molecule has 0 amide bonds. The molecule has 0 saturated carbocycles. The van der Waals surface area contributed by atoms with Gasteiger partial charge >= 0.3 is 154 Å². The molecule has 0 radical (unpaired) electrons. The van der Waals surface area contributed by atoms with Crippen LogP contribution in [-0.2, 0) is 0 Å². The summed E-state index contributed by atoms with van der Waals surface area (Å²) in [5.74, 6) is 0. The Hall–Kier alpha value is 4.77. The summed E-state index contributed by atoms with van der Waals surface area (Å²) >= 11 is 0. The summed E-state index contributed by atoms with van der Waals surface area (Å²) in [6.45, 7) is -0.250. The van der Waals surface area contributed by atoms with Gasteiger partial charge < -0.3 is 25.3 Å². The van der Waals surface area contributed by atoms with Gasteiger partial charge in [0.2, 0.25) is 0 Å². The molecule has 0 bridgehead atoms.